The van der Waals surface area contributed by atoms with Crippen molar-refractivity contribution in [2.45, 2.75) is 32.9 Å². The summed E-state index contributed by atoms with van der Waals surface area (Å²) in [5.74, 6) is 0.922. The van der Waals surface area contributed by atoms with Crippen LogP contribution in [0.3, 0.4) is 0 Å². The van der Waals surface area contributed by atoms with Gasteiger partial charge in [0, 0.05) is 36.4 Å². The minimum absolute atomic E-state index is 0.00604. The summed E-state index contributed by atoms with van der Waals surface area (Å²) in [5.41, 5.74) is 4.77. The molecule has 6 nitrogen and oxygen atoms in total. The Hall–Kier alpha value is -3.93. The van der Waals surface area contributed by atoms with E-state index in [1.165, 1.54) is 5.56 Å². The van der Waals surface area contributed by atoms with Crippen molar-refractivity contribution in [1.29, 1.82) is 0 Å². The number of hydrogen-bond donors (Lipinski definition) is 0. The number of rotatable bonds is 6. The molecule has 2 aromatic carbocycles. The van der Waals surface area contributed by atoms with Gasteiger partial charge in [0.05, 0.1) is 24.5 Å². The van der Waals surface area contributed by atoms with E-state index < -0.39 is 0 Å². The maximum Gasteiger partial charge on any atom is 0.223 e. The molecule has 0 radical (unpaired) electrons. The number of nitrogens with zero attached hydrogens (tertiary/aromatic N) is 4. The van der Waals surface area contributed by atoms with Crippen molar-refractivity contribution in [1.82, 2.24) is 19.2 Å². The van der Waals surface area contributed by atoms with Crippen molar-refractivity contribution in [2.24, 2.45) is 0 Å². The third-order valence-corrected chi connectivity index (χ3v) is 5.87. The highest BCUT2D eigenvalue weighted by Gasteiger charge is 2.31. The second kappa shape index (κ2) is 8.30. The van der Waals surface area contributed by atoms with E-state index in [1.807, 2.05) is 52.0 Å². The third-order valence-electron chi connectivity index (χ3n) is 5.87. The van der Waals surface area contributed by atoms with E-state index in [0.29, 0.717) is 18.7 Å². The Bertz CT molecular complexity index is 1260. The molecule has 1 aliphatic rings. The highest BCUT2D eigenvalue weighted by molar-refractivity contribution is 5.97. The van der Waals surface area contributed by atoms with E-state index in [1.54, 1.807) is 17.0 Å². The lowest BCUT2D eigenvalue weighted by atomic mass is 10.1. The van der Waals surface area contributed by atoms with Gasteiger partial charge in [-0.05, 0) is 31.2 Å². The minimum Gasteiger partial charge on any atom is -0.332 e. The van der Waals surface area contributed by atoms with Crippen LogP contribution in [0.25, 0.3) is 11.5 Å². The number of hydrogen-bond acceptors (Lipinski definition) is 3. The SMILES string of the molecule is Cc1ccc(-n2nc3c(c2-n2cccc2)CN(C(=O)CCC(=O)c2ccccc2)C3)cc1. The molecule has 1 amide bonds. The summed E-state index contributed by atoms with van der Waals surface area (Å²) < 4.78 is 3.99. The van der Waals surface area contributed by atoms with Crippen LogP contribution in [0.1, 0.15) is 40.0 Å². The summed E-state index contributed by atoms with van der Waals surface area (Å²) >= 11 is 0. The van der Waals surface area contributed by atoms with Gasteiger partial charge in [0.25, 0.3) is 0 Å². The number of fused-ring (bicyclic) bond motifs is 1. The van der Waals surface area contributed by atoms with Gasteiger partial charge in [-0.2, -0.15) is 5.10 Å². The standard InChI is InChI=1S/C26H24N4O2/c1-19-9-11-21(12-10-19)30-26(28-15-5-6-16-28)22-17-29(18-23(22)27-30)25(32)14-13-24(31)20-7-3-2-4-8-20/h2-12,15-16H,13-14,17-18H2,1H3. The van der Waals surface area contributed by atoms with Gasteiger partial charge in [-0.25, -0.2) is 4.68 Å². The first-order valence-corrected chi connectivity index (χ1v) is 10.8. The summed E-state index contributed by atoms with van der Waals surface area (Å²) in [4.78, 5) is 27.0. The van der Waals surface area contributed by atoms with Gasteiger partial charge in [0.1, 0.15) is 5.82 Å². The molecule has 0 unspecified atom stereocenters. The number of Topliss-reactive ketones (excluding diaryl/α,β-unsaturated/α-hetero) is 1. The van der Waals surface area contributed by atoms with Crippen LogP contribution in [0.4, 0.5) is 0 Å². The van der Waals surface area contributed by atoms with Crippen molar-refractivity contribution < 1.29 is 9.59 Å². The van der Waals surface area contributed by atoms with Crippen LogP contribution in [-0.2, 0) is 17.9 Å². The summed E-state index contributed by atoms with van der Waals surface area (Å²) in [6.07, 6.45) is 4.40. The first-order valence-electron chi connectivity index (χ1n) is 10.8. The maximum atomic E-state index is 12.9. The predicted octanol–water partition coefficient (Wildman–Crippen LogP) is 4.48. The number of carbonyl (C=O) groups excluding carboxylic acids is 2. The molecule has 0 saturated carbocycles. The van der Waals surface area contributed by atoms with Gasteiger partial charge >= 0.3 is 0 Å². The van der Waals surface area contributed by atoms with Crippen molar-refractivity contribution >= 4 is 11.7 Å². The van der Waals surface area contributed by atoms with Crippen molar-refractivity contribution in [2.75, 3.05) is 0 Å². The Kier molecular flexibility index (Phi) is 5.19. The normalized spacial score (nSPS) is 12.7. The average molecular weight is 425 g/mol. The average Bonchev–Trinajstić information content (AvgIpc) is 3.54. The molecule has 4 aromatic rings. The smallest absolute Gasteiger partial charge is 0.223 e. The fourth-order valence-corrected chi connectivity index (χ4v) is 4.13. The van der Waals surface area contributed by atoms with Crippen LogP contribution >= 0.6 is 0 Å². The lowest BCUT2D eigenvalue weighted by molar-refractivity contribution is -0.131. The van der Waals surface area contributed by atoms with Crippen molar-refractivity contribution in [3.05, 3.63) is 102 Å². The van der Waals surface area contributed by atoms with Gasteiger partial charge in [-0.3, -0.25) is 9.59 Å². The Balaban J connectivity index is 1.36. The van der Waals surface area contributed by atoms with E-state index >= 15 is 0 Å². The minimum atomic E-state index is -0.0207. The van der Waals surface area contributed by atoms with Crippen LogP contribution in [-0.4, -0.2) is 30.9 Å². The molecule has 6 heteroatoms. The summed E-state index contributed by atoms with van der Waals surface area (Å²) in [7, 11) is 0. The molecule has 160 valence electrons. The number of amides is 1. The van der Waals surface area contributed by atoms with Crippen LogP contribution in [0.2, 0.25) is 0 Å². The van der Waals surface area contributed by atoms with Gasteiger partial charge in [0.15, 0.2) is 5.78 Å². The Labute approximate surface area is 186 Å². The van der Waals surface area contributed by atoms with E-state index in [0.717, 1.165) is 22.8 Å². The van der Waals surface area contributed by atoms with E-state index in [2.05, 4.69) is 31.2 Å². The number of ketones is 1. The fourth-order valence-electron chi connectivity index (χ4n) is 4.13. The molecular formula is C26H24N4O2. The zero-order valence-corrected chi connectivity index (χ0v) is 17.9. The first-order chi connectivity index (χ1) is 15.6. The molecule has 32 heavy (non-hydrogen) atoms. The Morgan fingerprint density at radius 3 is 2.31 bits per heavy atom. The van der Waals surface area contributed by atoms with Gasteiger partial charge in [-0.1, -0.05) is 48.0 Å². The molecule has 0 aliphatic carbocycles. The largest absolute Gasteiger partial charge is 0.332 e. The fraction of sp³-hybridized carbons (Fsp3) is 0.192. The molecule has 1 aliphatic heterocycles. The van der Waals surface area contributed by atoms with E-state index in [9.17, 15) is 9.59 Å². The van der Waals surface area contributed by atoms with Gasteiger partial charge in [-0.15, -0.1) is 0 Å². The zero-order valence-electron chi connectivity index (χ0n) is 17.9. The van der Waals surface area contributed by atoms with Crippen LogP contribution in [0, 0.1) is 6.92 Å². The second-order valence-corrected chi connectivity index (χ2v) is 8.13. The zero-order chi connectivity index (χ0) is 22.1. The lowest BCUT2D eigenvalue weighted by Crippen LogP contribution is -2.26. The number of benzene rings is 2. The number of aryl methyl sites for hydroxylation is 1. The summed E-state index contributed by atoms with van der Waals surface area (Å²) in [5, 5.41) is 4.86. The topological polar surface area (TPSA) is 60.1 Å². The molecule has 0 atom stereocenters. The second-order valence-electron chi connectivity index (χ2n) is 8.13. The van der Waals surface area contributed by atoms with E-state index in [4.69, 9.17) is 5.10 Å². The molecule has 2 aromatic heterocycles. The van der Waals surface area contributed by atoms with Crippen LogP contribution in [0.15, 0.2) is 79.1 Å². The highest BCUT2D eigenvalue weighted by Crippen LogP contribution is 2.31. The van der Waals surface area contributed by atoms with Crippen molar-refractivity contribution in [3.63, 3.8) is 0 Å². The van der Waals surface area contributed by atoms with Crippen LogP contribution in [0.5, 0.6) is 0 Å². The number of aromatic nitrogens is 3. The molecule has 5 rings (SSSR count). The molecule has 0 N–H and O–H groups in total. The van der Waals surface area contributed by atoms with Crippen molar-refractivity contribution in [3.8, 4) is 11.5 Å². The third kappa shape index (κ3) is 3.75. The molecule has 0 spiro atoms. The monoisotopic (exact) mass is 424 g/mol. The lowest BCUT2D eigenvalue weighted by Gasteiger charge is -2.17. The van der Waals surface area contributed by atoms with Gasteiger partial charge < -0.3 is 9.47 Å². The maximum absolute atomic E-state index is 12.9. The molecule has 3 heterocycles. The molecule has 0 saturated heterocycles. The number of carbonyl (C=O) groups is 2. The van der Waals surface area contributed by atoms with E-state index in [-0.39, 0.29) is 24.5 Å². The molecular weight excluding hydrogens is 400 g/mol. The Morgan fingerprint density at radius 1 is 0.875 bits per heavy atom. The van der Waals surface area contributed by atoms with Crippen LogP contribution < -0.4 is 0 Å². The summed E-state index contributed by atoms with van der Waals surface area (Å²) in [6, 6.07) is 21.3. The Morgan fingerprint density at radius 2 is 1.59 bits per heavy atom. The van der Waals surface area contributed by atoms with Gasteiger partial charge in [0.2, 0.25) is 5.91 Å². The highest BCUT2D eigenvalue weighted by atomic mass is 16.2. The molecule has 0 bridgehead atoms. The quantitative estimate of drug-likeness (QED) is 0.429. The predicted molar refractivity (Wildman–Crippen MR) is 122 cm³/mol. The first kappa shape index (κ1) is 20.0. The molecule has 0 fully saturated rings. The summed E-state index contributed by atoms with van der Waals surface area (Å²) in [6.45, 7) is 3.01.